The van der Waals surface area contributed by atoms with Gasteiger partial charge in [0.1, 0.15) is 0 Å². The fourth-order valence-electron chi connectivity index (χ4n) is 2.31. The Kier molecular flexibility index (Phi) is 4.32. The van der Waals surface area contributed by atoms with E-state index in [9.17, 15) is 4.79 Å². The fourth-order valence-corrected chi connectivity index (χ4v) is 2.31. The number of benzene rings is 1. The molecular formula is C15H20O2. The van der Waals surface area contributed by atoms with E-state index in [1.165, 1.54) is 5.56 Å². The number of Topliss-reactive ketones (excluding diaryl/α,β-unsaturated/α-hetero) is 1. The first-order valence-corrected chi connectivity index (χ1v) is 6.49. The standard InChI is InChI=1S/C15H20O2/c1-2-4-12-5-3-6-14(9-12)15(16)10-13-7-8-17-11-13/h3,5-6,9,13H,2,4,7-8,10-11H2,1H3. The lowest BCUT2D eigenvalue weighted by atomic mass is 9.96. The maximum absolute atomic E-state index is 12.1. The van der Waals surface area contributed by atoms with E-state index in [0.717, 1.165) is 38.0 Å². The minimum Gasteiger partial charge on any atom is -0.381 e. The van der Waals surface area contributed by atoms with E-state index in [-0.39, 0.29) is 5.78 Å². The second-order valence-electron chi connectivity index (χ2n) is 4.81. The minimum absolute atomic E-state index is 0.262. The van der Waals surface area contributed by atoms with E-state index in [2.05, 4.69) is 13.0 Å². The van der Waals surface area contributed by atoms with Crippen molar-refractivity contribution in [3.63, 3.8) is 0 Å². The summed E-state index contributed by atoms with van der Waals surface area (Å²) in [6.45, 7) is 3.72. The van der Waals surface area contributed by atoms with Crippen LogP contribution in [0.4, 0.5) is 0 Å². The molecule has 2 heteroatoms. The van der Waals surface area contributed by atoms with Crippen molar-refractivity contribution in [1.29, 1.82) is 0 Å². The topological polar surface area (TPSA) is 26.3 Å². The smallest absolute Gasteiger partial charge is 0.163 e. The summed E-state index contributed by atoms with van der Waals surface area (Å²) in [5, 5.41) is 0. The quantitative estimate of drug-likeness (QED) is 0.728. The molecule has 2 rings (SSSR count). The van der Waals surface area contributed by atoms with Gasteiger partial charge in [0.15, 0.2) is 5.78 Å². The van der Waals surface area contributed by atoms with E-state index in [1.54, 1.807) is 0 Å². The number of carbonyl (C=O) groups excluding carboxylic acids is 1. The van der Waals surface area contributed by atoms with Crippen LogP contribution in [-0.2, 0) is 11.2 Å². The SMILES string of the molecule is CCCc1cccc(C(=O)CC2CCOC2)c1. The number of aryl methyl sites for hydroxylation is 1. The summed E-state index contributed by atoms with van der Waals surface area (Å²) in [6, 6.07) is 8.06. The second-order valence-corrected chi connectivity index (χ2v) is 4.81. The fraction of sp³-hybridized carbons (Fsp3) is 0.533. The molecular weight excluding hydrogens is 212 g/mol. The molecule has 1 fully saturated rings. The van der Waals surface area contributed by atoms with Crippen molar-refractivity contribution in [3.8, 4) is 0 Å². The highest BCUT2D eigenvalue weighted by Crippen LogP contribution is 2.19. The van der Waals surface area contributed by atoms with Crippen LogP contribution in [0.3, 0.4) is 0 Å². The van der Waals surface area contributed by atoms with E-state index in [0.29, 0.717) is 12.3 Å². The lowest BCUT2D eigenvalue weighted by Gasteiger charge is -2.07. The first kappa shape index (κ1) is 12.3. The predicted molar refractivity (Wildman–Crippen MR) is 68.3 cm³/mol. The van der Waals surface area contributed by atoms with Gasteiger partial charge >= 0.3 is 0 Å². The number of hydrogen-bond acceptors (Lipinski definition) is 2. The largest absolute Gasteiger partial charge is 0.381 e. The normalized spacial score (nSPS) is 19.5. The van der Waals surface area contributed by atoms with Gasteiger partial charge in [0, 0.05) is 25.2 Å². The van der Waals surface area contributed by atoms with Crippen LogP contribution in [0.2, 0.25) is 0 Å². The van der Waals surface area contributed by atoms with E-state index in [4.69, 9.17) is 4.74 Å². The highest BCUT2D eigenvalue weighted by molar-refractivity contribution is 5.96. The van der Waals surface area contributed by atoms with Gasteiger partial charge in [-0.25, -0.2) is 0 Å². The lowest BCUT2D eigenvalue weighted by molar-refractivity contribution is 0.0952. The summed E-state index contributed by atoms with van der Waals surface area (Å²) >= 11 is 0. The molecule has 0 bridgehead atoms. The van der Waals surface area contributed by atoms with Gasteiger partial charge in [-0.15, -0.1) is 0 Å². The third-order valence-electron chi connectivity index (χ3n) is 3.29. The van der Waals surface area contributed by atoms with Crippen LogP contribution in [0.15, 0.2) is 24.3 Å². The molecule has 1 aromatic carbocycles. The zero-order chi connectivity index (χ0) is 12.1. The predicted octanol–water partition coefficient (Wildman–Crippen LogP) is 3.25. The molecule has 1 atom stereocenters. The molecule has 0 aromatic heterocycles. The van der Waals surface area contributed by atoms with E-state index >= 15 is 0 Å². The summed E-state index contributed by atoms with van der Waals surface area (Å²) < 4.78 is 5.30. The third-order valence-corrected chi connectivity index (χ3v) is 3.29. The number of rotatable bonds is 5. The van der Waals surface area contributed by atoms with E-state index < -0.39 is 0 Å². The van der Waals surface area contributed by atoms with Gasteiger partial charge in [0.25, 0.3) is 0 Å². The average Bonchev–Trinajstić information content (AvgIpc) is 2.83. The van der Waals surface area contributed by atoms with Crippen molar-refractivity contribution in [3.05, 3.63) is 35.4 Å². The second kappa shape index (κ2) is 5.97. The zero-order valence-corrected chi connectivity index (χ0v) is 10.4. The summed E-state index contributed by atoms with van der Waals surface area (Å²) in [6.07, 6.45) is 3.83. The molecule has 1 saturated heterocycles. The maximum Gasteiger partial charge on any atom is 0.163 e. The molecule has 1 heterocycles. The van der Waals surface area contributed by atoms with Crippen molar-refractivity contribution < 1.29 is 9.53 Å². The first-order valence-electron chi connectivity index (χ1n) is 6.49. The highest BCUT2D eigenvalue weighted by atomic mass is 16.5. The molecule has 0 spiro atoms. The molecule has 1 aromatic rings. The van der Waals surface area contributed by atoms with Crippen LogP contribution in [0.5, 0.6) is 0 Å². The van der Waals surface area contributed by atoms with Gasteiger partial charge in [0.2, 0.25) is 0 Å². The zero-order valence-electron chi connectivity index (χ0n) is 10.4. The van der Waals surface area contributed by atoms with Crippen LogP contribution in [-0.4, -0.2) is 19.0 Å². The molecule has 0 aliphatic carbocycles. The van der Waals surface area contributed by atoms with Crippen LogP contribution < -0.4 is 0 Å². The molecule has 0 amide bonds. The van der Waals surface area contributed by atoms with Gasteiger partial charge in [-0.3, -0.25) is 4.79 Å². The highest BCUT2D eigenvalue weighted by Gasteiger charge is 2.19. The number of hydrogen-bond donors (Lipinski definition) is 0. The van der Waals surface area contributed by atoms with Crippen LogP contribution in [0, 0.1) is 5.92 Å². The van der Waals surface area contributed by atoms with Crippen molar-refractivity contribution in [1.82, 2.24) is 0 Å². The molecule has 17 heavy (non-hydrogen) atoms. The van der Waals surface area contributed by atoms with Crippen molar-refractivity contribution in [2.45, 2.75) is 32.6 Å². The van der Waals surface area contributed by atoms with E-state index in [1.807, 2.05) is 18.2 Å². The first-order chi connectivity index (χ1) is 8.29. The van der Waals surface area contributed by atoms with Crippen LogP contribution in [0.25, 0.3) is 0 Å². The van der Waals surface area contributed by atoms with Crippen molar-refractivity contribution >= 4 is 5.78 Å². The Morgan fingerprint density at radius 1 is 1.47 bits per heavy atom. The molecule has 0 saturated carbocycles. The number of ketones is 1. The Balaban J connectivity index is 1.99. The lowest BCUT2D eigenvalue weighted by Crippen LogP contribution is -2.09. The van der Waals surface area contributed by atoms with Crippen LogP contribution >= 0.6 is 0 Å². The number of carbonyl (C=O) groups is 1. The summed E-state index contributed by atoms with van der Waals surface area (Å²) in [5.74, 6) is 0.691. The number of ether oxygens (including phenoxy) is 1. The Labute approximate surface area is 103 Å². The molecule has 1 unspecified atom stereocenters. The Morgan fingerprint density at radius 2 is 2.35 bits per heavy atom. The average molecular weight is 232 g/mol. The molecule has 0 radical (unpaired) electrons. The minimum atomic E-state index is 0.262. The molecule has 92 valence electrons. The monoisotopic (exact) mass is 232 g/mol. The van der Waals surface area contributed by atoms with Crippen molar-refractivity contribution in [2.24, 2.45) is 5.92 Å². The third kappa shape index (κ3) is 3.40. The Bertz CT molecular complexity index is 378. The molecule has 0 N–H and O–H groups in total. The van der Waals surface area contributed by atoms with Gasteiger partial charge in [-0.05, 0) is 30.4 Å². The van der Waals surface area contributed by atoms with Gasteiger partial charge < -0.3 is 4.74 Å². The maximum atomic E-state index is 12.1. The van der Waals surface area contributed by atoms with Gasteiger partial charge in [0.05, 0.1) is 0 Å². The van der Waals surface area contributed by atoms with Crippen LogP contribution in [0.1, 0.15) is 42.1 Å². The van der Waals surface area contributed by atoms with Crippen molar-refractivity contribution in [2.75, 3.05) is 13.2 Å². The molecule has 1 aliphatic heterocycles. The Morgan fingerprint density at radius 3 is 3.06 bits per heavy atom. The summed E-state index contributed by atoms with van der Waals surface area (Å²) in [4.78, 5) is 12.1. The molecule has 1 aliphatic rings. The van der Waals surface area contributed by atoms with Gasteiger partial charge in [-0.2, -0.15) is 0 Å². The van der Waals surface area contributed by atoms with Gasteiger partial charge in [-0.1, -0.05) is 31.5 Å². The molecule has 2 nitrogen and oxygen atoms in total. The Hall–Kier alpha value is -1.15. The summed E-state index contributed by atoms with van der Waals surface area (Å²) in [5.41, 5.74) is 2.13. The summed E-state index contributed by atoms with van der Waals surface area (Å²) in [7, 11) is 0.